The van der Waals surface area contributed by atoms with Crippen molar-refractivity contribution in [3.8, 4) is 29.2 Å². The number of methoxy groups -OCH3 is 1. The Bertz CT molecular complexity index is 1440. The molecule has 0 unspecified atom stereocenters. The molecule has 0 aliphatic rings. The summed E-state index contributed by atoms with van der Waals surface area (Å²) in [4.78, 5) is 20.9. The molecule has 0 bridgehead atoms. The van der Waals surface area contributed by atoms with E-state index in [1.54, 1.807) is 37.5 Å². The van der Waals surface area contributed by atoms with Gasteiger partial charge in [0.25, 0.3) is 11.4 Å². The average molecular weight is 457 g/mol. The van der Waals surface area contributed by atoms with Crippen LogP contribution in [-0.2, 0) is 12.0 Å². The molecule has 4 aromatic rings. The number of benzene rings is 1. The predicted octanol–water partition coefficient (Wildman–Crippen LogP) is 4.58. The van der Waals surface area contributed by atoms with Gasteiger partial charge in [-0.3, -0.25) is 9.20 Å². The summed E-state index contributed by atoms with van der Waals surface area (Å²) in [6.07, 6.45) is 4.66. The van der Waals surface area contributed by atoms with Crippen LogP contribution in [0.15, 0.2) is 65.8 Å². The van der Waals surface area contributed by atoms with Gasteiger partial charge in [-0.25, -0.2) is 9.97 Å². The third-order valence-electron chi connectivity index (χ3n) is 5.43. The second kappa shape index (κ2) is 9.24. The van der Waals surface area contributed by atoms with Crippen LogP contribution in [-0.4, -0.2) is 21.5 Å². The molecule has 0 aliphatic heterocycles. The first-order valence-electron chi connectivity index (χ1n) is 10.6. The van der Waals surface area contributed by atoms with Gasteiger partial charge in [-0.15, -0.1) is 0 Å². The van der Waals surface area contributed by atoms with Crippen molar-refractivity contribution in [2.45, 2.75) is 32.8 Å². The van der Waals surface area contributed by atoms with Gasteiger partial charge >= 0.3 is 0 Å². The third kappa shape index (κ3) is 4.69. The molecule has 0 aliphatic carbocycles. The van der Waals surface area contributed by atoms with Crippen LogP contribution in [0.25, 0.3) is 5.65 Å². The predicted molar refractivity (Wildman–Crippen MR) is 126 cm³/mol. The molecule has 172 valence electrons. The van der Waals surface area contributed by atoms with E-state index in [-0.39, 0.29) is 12.2 Å². The molecule has 0 saturated carbocycles. The lowest BCUT2D eigenvalue weighted by Crippen LogP contribution is -2.16. The second-order valence-corrected chi connectivity index (χ2v) is 8.34. The lowest BCUT2D eigenvalue weighted by Gasteiger charge is -2.16. The van der Waals surface area contributed by atoms with E-state index in [0.29, 0.717) is 34.3 Å². The Hall–Kier alpha value is -4.38. The molecule has 0 radical (unpaired) electrons. The van der Waals surface area contributed by atoms with E-state index in [9.17, 15) is 10.1 Å². The summed E-state index contributed by atoms with van der Waals surface area (Å²) in [6, 6.07) is 15.1. The van der Waals surface area contributed by atoms with Crippen molar-refractivity contribution < 1.29 is 14.2 Å². The van der Waals surface area contributed by atoms with E-state index in [1.807, 2.05) is 38.1 Å². The number of aromatic nitrogens is 3. The number of nitrogens with zero attached hydrogens (tertiary/aromatic N) is 4. The van der Waals surface area contributed by atoms with Crippen LogP contribution in [0.5, 0.6) is 23.1 Å². The maximum atomic E-state index is 12.4. The van der Waals surface area contributed by atoms with Gasteiger partial charge < -0.3 is 14.2 Å². The Kier molecular flexibility index (Phi) is 6.19. The van der Waals surface area contributed by atoms with Crippen LogP contribution in [0.4, 0.5) is 0 Å². The highest BCUT2D eigenvalue weighted by atomic mass is 16.5. The fourth-order valence-corrected chi connectivity index (χ4v) is 3.30. The van der Waals surface area contributed by atoms with Crippen molar-refractivity contribution in [2.75, 3.05) is 7.11 Å². The molecule has 0 N–H and O–H groups in total. The normalized spacial score (nSPS) is 11.1. The lowest BCUT2D eigenvalue weighted by molar-refractivity contribution is 0.271. The Morgan fingerprint density at radius 3 is 2.53 bits per heavy atom. The van der Waals surface area contributed by atoms with Crippen LogP contribution >= 0.6 is 0 Å². The molecule has 0 spiro atoms. The van der Waals surface area contributed by atoms with Crippen molar-refractivity contribution in [3.63, 3.8) is 0 Å². The quantitative estimate of drug-likeness (QED) is 0.401. The molecule has 3 heterocycles. The molecule has 3 aromatic heterocycles. The molecular formula is C26H24N4O4. The van der Waals surface area contributed by atoms with Crippen molar-refractivity contribution in [2.24, 2.45) is 0 Å². The zero-order valence-corrected chi connectivity index (χ0v) is 19.4. The minimum absolute atomic E-state index is 0.154. The monoisotopic (exact) mass is 456 g/mol. The van der Waals surface area contributed by atoms with E-state index in [2.05, 4.69) is 16.0 Å². The Balaban J connectivity index is 1.49. The number of nitriles is 1. The van der Waals surface area contributed by atoms with Crippen LogP contribution in [0.2, 0.25) is 0 Å². The highest BCUT2D eigenvalue weighted by Gasteiger charge is 2.19. The highest BCUT2D eigenvalue weighted by molar-refractivity contribution is 5.45. The van der Waals surface area contributed by atoms with E-state index >= 15 is 0 Å². The first kappa shape index (κ1) is 22.8. The Morgan fingerprint density at radius 2 is 1.82 bits per heavy atom. The topological polar surface area (TPSA) is 98.7 Å². The van der Waals surface area contributed by atoms with Crippen molar-refractivity contribution in [3.05, 3.63) is 88.1 Å². The van der Waals surface area contributed by atoms with E-state index in [0.717, 1.165) is 11.1 Å². The number of rotatable bonds is 7. The number of ether oxygens (including phenoxy) is 3. The van der Waals surface area contributed by atoms with Crippen LogP contribution in [0.1, 0.15) is 30.5 Å². The maximum Gasteiger partial charge on any atom is 0.260 e. The van der Waals surface area contributed by atoms with Gasteiger partial charge in [0.2, 0.25) is 0 Å². The second-order valence-electron chi connectivity index (χ2n) is 8.34. The third-order valence-corrected chi connectivity index (χ3v) is 5.43. The Labute approximate surface area is 197 Å². The molecule has 0 atom stereocenters. The summed E-state index contributed by atoms with van der Waals surface area (Å²) in [5.74, 6) is 1.63. The fraction of sp³-hybridized carbons (Fsp3) is 0.231. The van der Waals surface area contributed by atoms with Gasteiger partial charge in [0.1, 0.15) is 23.8 Å². The molecule has 0 fully saturated rings. The first-order valence-corrected chi connectivity index (χ1v) is 10.6. The first-order chi connectivity index (χ1) is 16.3. The number of pyridine rings is 2. The summed E-state index contributed by atoms with van der Waals surface area (Å²) in [5, 5.41) is 9.29. The molecule has 34 heavy (non-hydrogen) atoms. The standard InChI is InChI=1S/C26H24N4O4/c1-17-12-28-23-10-9-20(14-30(23)25(17)31)34-21-11-22(32-4)24(29-13-21)33-15-18-5-7-19(8-6-18)26(2,3)16-27/h5-14H,15H2,1-4H3. The number of hydrogen-bond acceptors (Lipinski definition) is 7. The number of fused-ring (bicyclic) bond motifs is 1. The minimum atomic E-state index is -0.547. The maximum absolute atomic E-state index is 12.4. The largest absolute Gasteiger partial charge is 0.491 e. The minimum Gasteiger partial charge on any atom is -0.491 e. The Morgan fingerprint density at radius 1 is 1.06 bits per heavy atom. The SMILES string of the molecule is COc1cc(Oc2ccc3ncc(C)c(=O)n3c2)cnc1OCc1ccc(C(C)(C)C#N)cc1. The molecule has 8 nitrogen and oxygen atoms in total. The smallest absolute Gasteiger partial charge is 0.260 e. The van der Waals surface area contributed by atoms with Gasteiger partial charge in [0.15, 0.2) is 5.75 Å². The summed E-state index contributed by atoms with van der Waals surface area (Å²) >= 11 is 0. The molecule has 8 heteroatoms. The van der Waals surface area contributed by atoms with Crippen LogP contribution < -0.4 is 19.8 Å². The fourth-order valence-electron chi connectivity index (χ4n) is 3.30. The highest BCUT2D eigenvalue weighted by Crippen LogP contribution is 2.31. The summed E-state index contributed by atoms with van der Waals surface area (Å²) in [5.41, 5.74) is 2.26. The molecule has 0 saturated heterocycles. The van der Waals surface area contributed by atoms with Gasteiger partial charge in [-0.05, 0) is 44.0 Å². The summed E-state index contributed by atoms with van der Waals surface area (Å²) in [7, 11) is 1.52. The number of aryl methyl sites for hydroxylation is 1. The van der Waals surface area contributed by atoms with Crippen molar-refractivity contribution >= 4 is 5.65 Å². The molecular weight excluding hydrogens is 432 g/mol. The van der Waals surface area contributed by atoms with E-state index in [1.165, 1.54) is 17.7 Å². The van der Waals surface area contributed by atoms with E-state index in [4.69, 9.17) is 14.2 Å². The van der Waals surface area contributed by atoms with Crippen LogP contribution in [0.3, 0.4) is 0 Å². The van der Waals surface area contributed by atoms with Gasteiger partial charge in [0.05, 0.1) is 31.0 Å². The summed E-state index contributed by atoms with van der Waals surface area (Å²) in [6.45, 7) is 5.76. The molecule has 0 amide bonds. The number of hydrogen-bond donors (Lipinski definition) is 0. The molecule has 1 aromatic carbocycles. The summed E-state index contributed by atoms with van der Waals surface area (Å²) < 4.78 is 18.6. The van der Waals surface area contributed by atoms with Gasteiger partial charge in [-0.2, -0.15) is 5.26 Å². The molecule has 4 rings (SSSR count). The van der Waals surface area contributed by atoms with Gasteiger partial charge in [0, 0.05) is 17.8 Å². The van der Waals surface area contributed by atoms with Gasteiger partial charge in [-0.1, -0.05) is 24.3 Å². The zero-order chi connectivity index (χ0) is 24.3. The average Bonchev–Trinajstić information content (AvgIpc) is 2.86. The lowest BCUT2D eigenvalue weighted by atomic mass is 9.86. The van der Waals surface area contributed by atoms with E-state index < -0.39 is 5.41 Å². The van der Waals surface area contributed by atoms with Crippen molar-refractivity contribution in [1.82, 2.24) is 14.4 Å². The van der Waals surface area contributed by atoms with Crippen molar-refractivity contribution in [1.29, 1.82) is 5.26 Å². The van der Waals surface area contributed by atoms with Crippen LogP contribution in [0, 0.1) is 18.3 Å². The zero-order valence-electron chi connectivity index (χ0n) is 19.4.